The number of carbonyl (C=O) groups excluding carboxylic acids is 1. The van der Waals surface area contributed by atoms with Gasteiger partial charge < -0.3 is 20.1 Å². The third-order valence-electron chi connectivity index (χ3n) is 2.42. The van der Waals surface area contributed by atoms with Crippen LogP contribution in [0.15, 0.2) is 0 Å². The molecular formula is C10H20N2O3. The number of ether oxygens (including phenoxy) is 2. The van der Waals surface area contributed by atoms with Gasteiger partial charge in [-0.05, 0) is 6.92 Å². The van der Waals surface area contributed by atoms with E-state index in [1.807, 2.05) is 6.92 Å². The molecule has 1 rings (SSSR count). The fraction of sp³-hybridized carbons (Fsp3) is 0.900. The topological polar surface area (TPSA) is 59.6 Å². The largest absolute Gasteiger partial charge is 0.384 e. The highest BCUT2D eigenvalue weighted by Crippen LogP contribution is 2.10. The van der Waals surface area contributed by atoms with Gasteiger partial charge in [0.25, 0.3) is 0 Å². The SMILES string of the molecule is COCCC(=O)NCC1(C)CNCCO1. The zero-order valence-electron chi connectivity index (χ0n) is 9.47. The summed E-state index contributed by atoms with van der Waals surface area (Å²) in [5, 5.41) is 6.08. The van der Waals surface area contributed by atoms with Crippen molar-refractivity contribution in [3.63, 3.8) is 0 Å². The van der Waals surface area contributed by atoms with Gasteiger partial charge in [-0.2, -0.15) is 0 Å². The first kappa shape index (κ1) is 12.4. The Morgan fingerprint density at radius 3 is 3.07 bits per heavy atom. The number of hydrogen-bond acceptors (Lipinski definition) is 4. The molecule has 0 spiro atoms. The minimum absolute atomic E-state index is 0.00671. The van der Waals surface area contributed by atoms with Crippen LogP contribution in [0.2, 0.25) is 0 Å². The summed E-state index contributed by atoms with van der Waals surface area (Å²) in [5.41, 5.74) is -0.277. The van der Waals surface area contributed by atoms with Crippen LogP contribution in [0.4, 0.5) is 0 Å². The lowest BCUT2D eigenvalue weighted by atomic mass is 10.1. The van der Waals surface area contributed by atoms with Gasteiger partial charge in [-0.25, -0.2) is 0 Å². The van der Waals surface area contributed by atoms with Gasteiger partial charge in [0.15, 0.2) is 0 Å². The number of methoxy groups -OCH3 is 1. The molecule has 0 bridgehead atoms. The summed E-state index contributed by atoms with van der Waals surface area (Å²) in [7, 11) is 1.59. The van der Waals surface area contributed by atoms with Crippen LogP contribution in [-0.4, -0.2) is 51.5 Å². The highest BCUT2D eigenvalue weighted by Gasteiger charge is 2.27. The molecule has 1 fully saturated rings. The highest BCUT2D eigenvalue weighted by molar-refractivity contribution is 5.76. The number of amides is 1. The first-order valence-electron chi connectivity index (χ1n) is 5.27. The van der Waals surface area contributed by atoms with Crippen LogP contribution in [0.5, 0.6) is 0 Å². The number of nitrogens with one attached hydrogen (secondary N) is 2. The van der Waals surface area contributed by atoms with Crippen molar-refractivity contribution in [1.29, 1.82) is 0 Å². The van der Waals surface area contributed by atoms with Crippen molar-refractivity contribution in [3.05, 3.63) is 0 Å². The lowest BCUT2D eigenvalue weighted by Crippen LogP contribution is -2.54. The van der Waals surface area contributed by atoms with E-state index in [-0.39, 0.29) is 11.5 Å². The van der Waals surface area contributed by atoms with Crippen molar-refractivity contribution in [2.24, 2.45) is 0 Å². The molecule has 1 saturated heterocycles. The number of morpholine rings is 1. The van der Waals surface area contributed by atoms with Crippen LogP contribution >= 0.6 is 0 Å². The molecule has 0 aromatic carbocycles. The molecule has 88 valence electrons. The smallest absolute Gasteiger partial charge is 0.222 e. The molecule has 1 amide bonds. The Morgan fingerprint density at radius 2 is 2.47 bits per heavy atom. The molecule has 15 heavy (non-hydrogen) atoms. The minimum Gasteiger partial charge on any atom is -0.384 e. The van der Waals surface area contributed by atoms with E-state index in [4.69, 9.17) is 9.47 Å². The van der Waals surface area contributed by atoms with E-state index in [0.717, 1.165) is 13.1 Å². The zero-order chi connectivity index (χ0) is 11.1. The number of hydrogen-bond donors (Lipinski definition) is 2. The summed E-state index contributed by atoms with van der Waals surface area (Å²) in [6.07, 6.45) is 0.403. The fourth-order valence-electron chi connectivity index (χ4n) is 1.46. The Hall–Kier alpha value is -0.650. The second-order valence-corrected chi connectivity index (χ2v) is 3.99. The standard InChI is InChI=1S/C10H20N2O3/c1-10(7-11-4-6-15-10)8-12-9(13)3-5-14-2/h11H,3-8H2,1-2H3,(H,12,13). The van der Waals surface area contributed by atoms with Gasteiger partial charge >= 0.3 is 0 Å². The molecule has 0 radical (unpaired) electrons. The first-order chi connectivity index (χ1) is 7.16. The maximum absolute atomic E-state index is 11.3. The van der Waals surface area contributed by atoms with Gasteiger partial charge in [0, 0.05) is 33.2 Å². The number of rotatable bonds is 5. The van der Waals surface area contributed by atoms with Crippen molar-refractivity contribution in [3.8, 4) is 0 Å². The molecule has 1 atom stereocenters. The Balaban J connectivity index is 2.19. The Kier molecular flexibility index (Phi) is 5.01. The minimum atomic E-state index is -0.277. The van der Waals surface area contributed by atoms with Crippen molar-refractivity contribution in [1.82, 2.24) is 10.6 Å². The van der Waals surface area contributed by atoms with Gasteiger partial charge in [-0.3, -0.25) is 4.79 Å². The van der Waals surface area contributed by atoms with E-state index in [1.54, 1.807) is 7.11 Å². The summed E-state index contributed by atoms with van der Waals surface area (Å²) in [5.74, 6) is 0.00671. The van der Waals surface area contributed by atoms with E-state index in [1.165, 1.54) is 0 Å². The third-order valence-corrected chi connectivity index (χ3v) is 2.42. The molecule has 5 heteroatoms. The molecule has 0 aromatic rings. The maximum Gasteiger partial charge on any atom is 0.222 e. The summed E-state index contributed by atoms with van der Waals surface area (Å²) in [4.78, 5) is 11.3. The molecule has 0 aliphatic carbocycles. The molecule has 0 saturated carbocycles. The normalized spacial score (nSPS) is 26.3. The third kappa shape index (κ3) is 4.59. The summed E-state index contributed by atoms with van der Waals surface area (Å²) >= 11 is 0. The average Bonchev–Trinajstić information content (AvgIpc) is 2.25. The summed E-state index contributed by atoms with van der Waals surface area (Å²) in [6.45, 7) is 5.36. The second-order valence-electron chi connectivity index (χ2n) is 3.99. The molecule has 1 aliphatic rings. The average molecular weight is 216 g/mol. The van der Waals surface area contributed by atoms with Crippen molar-refractivity contribution in [2.75, 3.05) is 40.0 Å². The van der Waals surface area contributed by atoms with Gasteiger partial charge in [0.2, 0.25) is 5.91 Å². The fourth-order valence-corrected chi connectivity index (χ4v) is 1.46. The maximum atomic E-state index is 11.3. The molecule has 1 aliphatic heterocycles. The quantitative estimate of drug-likeness (QED) is 0.651. The Bertz CT molecular complexity index is 203. The zero-order valence-corrected chi connectivity index (χ0v) is 9.47. The second kappa shape index (κ2) is 6.05. The van der Waals surface area contributed by atoms with Crippen LogP contribution in [0.3, 0.4) is 0 Å². The Labute approximate surface area is 90.5 Å². The van der Waals surface area contributed by atoms with E-state index in [0.29, 0.717) is 26.2 Å². The monoisotopic (exact) mass is 216 g/mol. The van der Waals surface area contributed by atoms with Crippen LogP contribution in [0.25, 0.3) is 0 Å². The predicted octanol–water partition coefficient (Wildman–Crippen LogP) is -0.482. The molecule has 0 aromatic heterocycles. The first-order valence-corrected chi connectivity index (χ1v) is 5.27. The Morgan fingerprint density at radius 1 is 1.67 bits per heavy atom. The van der Waals surface area contributed by atoms with E-state index < -0.39 is 0 Å². The molecular weight excluding hydrogens is 196 g/mol. The molecule has 2 N–H and O–H groups in total. The van der Waals surface area contributed by atoms with Crippen molar-refractivity contribution >= 4 is 5.91 Å². The van der Waals surface area contributed by atoms with Crippen LogP contribution in [0, 0.1) is 0 Å². The molecule has 5 nitrogen and oxygen atoms in total. The number of carbonyl (C=O) groups is 1. The van der Waals surface area contributed by atoms with E-state index >= 15 is 0 Å². The van der Waals surface area contributed by atoms with Crippen LogP contribution < -0.4 is 10.6 Å². The van der Waals surface area contributed by atoms with Crippen molar-refractivity contribution in [2.45, 2.75) is 18.9 Å². The van der Waals surface area contributed by atoms with Crippen LogP contribution in [-0.2, 0) is 14.3 Å². The van der Waals surface area contributed by atoms with Gasteiger partial charge in [-0.15, -0.1) is 0 Å². The van der Waals surface area contributed by atoms with Gasteiger partial charge in [0.05, 0.1) is 18.8 Å². The van der Waals surface area contributed by atoms with Gasteiger partial charge in [0.1, 0.15) is 0 Å². The predicted molar refractivity (Wildman–Crippen MR) is 56.7 cm³/mol. The summed E-state index contributed by atoms with van der Waals surface area (Å²) < 4.78 is 10.4. The van der Waals surface area contributed by atoms with E-state index in [9.17, 15) is 4.79 Å². The molecule has 1 heterocycles. The molecule has 1 unspecified atom stereocenters. The van der Waals surface area contributed by atoms with Crippen molar-refractivity contribution < 1.29 is 14.3 Å². The lowest BCUT2D eigenvalue weighted by Gasteiger charge is -2.34. The summed E-state index contributed by atoms with van der Waals surface area (Å²) in [6, 6.07) is 0. The lowest BCUT2D eigenvalue weighted by molar-refractivity contribution is -0.124. The van der Waals surface area contributed by atoms with Gasteiger partial charge in [-0.1, -0.05) is 0 Å². The highest BCUT2D eigenvalue weighted by atomic mass is 16.5. The van der Waals surface area contributed by atoms with Crippen LogP contribution in [0.1, 0.15) is 13.3 Å². The van der Waals surface area contributed by atoms with E-state index in [2.05, 4.69) is 10.6 Å².